The van der Waals surface area contributed by atoms with Crippen molar-refractivity contribution in [1.29, 1.82) is 0 Å². The molecule has 0 N–H and O–H groups in total. The summed E-state index contributed by atoms with van der Waals surface area (Å²) in [6.07, 6.45) is 0. The lowest BCUT2D eigenvalue weighted by Crippen LogP contribution is -2.74. The molecule has 12 rings (SSSR count). The number of benzene rings is 10. The van der Waals surface area contributed by atoms with Gasteiger partial charge in [0.15, 0.2) is 8.07 Å². The maximum atomic E-state index is 2.52. The highest BCUT2D eigenvalue weighted by Crippen LogP contribution is 2.42. The van der Waals surface area contributed by atoms with E-state index < -0.39 is 8.07 Å². The predicted octanol–water partition coefficient (Wildman–Crippen LogP) is 12.6. The van der Waals surface area contributed by atoms with Crippen molar-refractivity contribution in [2.75, 3.05) is 0 Å². The summed E-state index contributed by atoms with van der Waals surface area (Å²) in [4.78, 5) is 0. The van der Waals surface area contributed by atoms with Crippen molar-refractivity contribution >= 4 is 72.4 Å². The summed E-state index contributed by atoms with van der Waals surface area (Å²) in [5.41, 5.74) is 11.8. The molecule has 0 fully saturated rings. The molecular weight excluding hydrogens is 777 g/mol. The third-order valence-electron chi connectivity index (χ3n) is 13.1. The lowest BCUT2D eigenvalue weighted by atomic mass is 9.95. The average Bonchev–Trinajstić information content (AvgIpc) is 3.87. The lowest BCUT2D eigenvalue weighted by molar-refractivity contribution is 1.16. The largest absolute Gasteiger partial charge is 0.309 e. The van der Waals surface area contributed by atoms with E-state index in [2.05, 4.69) is 264 Å². The normalized spacial score (nSPS) is 11.8. The van der Waals surface area contributed by atoms with Crippen LogP contribution >= 0.6 is 0 Å². The SMILES string of the molecule is c1ccc(-c2cccc(-c3ccccc3)c2-n2c3ccccc3c3ccc(-n4c5ccccc5c5cc([Si](c6ccccc6)(c6ccccc6)c6ccccc6)ccc54)cc32)cc1. The van der Waals surface area contributed by atoms with Gasteiger partial charge in [-0.15, -0.1) is 0 Å². The number of fused-ring (bicyclic) bond motifs is 6. The monoisotopic (exact) mass is 818 g/mol. The van der Waals surface area contributed by atoms with Crippen molar-refractivity contribution in [3.8, 4) is 33.6 Å². The van der Waals surface area contributed by atoms with Gasteiger partial charge in [-0.1, -0.05) is 224 Å². The summed E-state index contributed by atoms with van der Waals surface area (Å²) in [6, 6.07) is 94.2. The number of hydrogen-bond donors (Lipinski definition) is 0. The fourth-order valence-corrected chi connectivity index (χ4v) is 15.1. The molecule has 10 aromatic carbocycles. The first-order chi connectivity index (χ1) is 31.3. The van der Waals surface area contributed by atoms with Gasteiger partial charge in [0.1, 0.15) is 0 Å². The quantitative estimate of drug-likeness (QED) is 0.107. The van der Waals surface area contributed by atoms with E-state index in [1.54, 1.807) is 0 Å². The van der Waals surface area contributed by atoms with Gasteiger partial charge in [-0.2, -0.15) is 0 Å². The van der Waals surface area contributed by atoms with Crippen LogP contribution in [0, 0.1) is 0 Å². The standard InChI is InChI=1S/C60H42N2Si/c1-6-21-43(22-7-1)50-33-20-34-51(44-23-8-2-9-24-44)60(50)62-57-36-19-16-31-52(57)54-39-37-45(41-59(54)62)61-56-35-18-17-32-53(56)55-42-49(38-40-58(55)61)63(46-25-10-3-11-26-46,47-27-12-4-13-28-47)48-29-14-5-15-30-48/h1-42H. The second-order valence-electron chi connectivity index (χ2n) is 16.4. The summed E-state index contributed by atoms with van der Waals surface area (Å²) in [5, 5.41) is 10.4. The molecule has 0 aliphatic carbocycles. The van der Waals surface area contributed by atoms with Crippen molar-refractivity contribution < 1.29 is 0 Å². The Kier molecular flexibility index (Phi) is 8.87. The van der Waals surface area contributed by atoms with Crippen LogP contribution in [0.5, 0.6) is 0 Å². The van der Waals surface area contributed by atoms with E-state index in [1.165, 1.54) is 92.3 Å². The first kappa shape index (κ1) is 36.8. The van der Waals surface area contributed by atoms with Gasteiger partial charge in [-0.25, -0.2) is 0 Å². The average molecular weight is 819 g/mol. The zero-order valence-corrected chi connectivity index (χ0v) is 35.6. The number of rotatable bonds is 8. The van der Waals surface area contributed by atoms with Crippen molar-refractivity contribution in [3.63, 3.8) is 0 Å². The molecule has 2 heterocycles. The molecule has 2 aromatic heterocycles. The van der Waals surface area contributed by atoms with E-state index >= 15 is 0 Å². The van der Waals surface area contributed by atoms with Crippen LogP contribution < -0.4 is 20.7 Å². The summed E-state index contributed by atoms with van der Waals surface area (Å²) < 4.78 is 5.00. The minimum absolute atomic E-state index is 1.13. The summed E-state index contributed by atoms with van der Waals surface area (Å²) in [6.45, 7) is 0. The van der Waals surface area contributed by atoms with Gasteiger partial charge in [0.05, 0.1) is 27.8 Å². The number of para-hydroxylation sites is 3. The van der Waals surface area contributed by atoms with Crippen LogP contribution in [0.1, 0.15) is 0 Å². The Morgan fingerprint density at radius 2 is 0.683 bits per heavy atom. The van der Waals surface area contributed by atoms with Crippen LogP contribution in [0.25, 0.3) is 77.2 Å². The molecule has 0 radical (unpaired) electrons. The molecular formula is C60H42N2Si. The van der Waals surface area contributed by atoms with Crippen molar-refractivity contribution in [3.05, 3.63) is 255 Å². The molecule has 2 nitrogen and oxygen atoms in total. The fourth-order valence-electron chi connectivity index (χ4n) is 10.4. The predicted molar refractivity (Wildman–Crippen MR) is 270 cm³/mol. The molecule has 0 bridgehead atoms. The molecule has 12 aromatic rings. The van der Waals surface area contributed by atoms with Crippen LogP contribution in [0.2, 0.25) is 0 Å². The first-order valence-electron chi connectivity index (χ1n) is 21.8. The van der Waals surface area contributed by atoms with Gasteiger partial charge in [0.25, 0.3) is 0 Å². The summed E-state index contributed by atoms with van der Waals surface area (Å²) in [5.74, 6) is 0. The Bertz CT molecular complexity index is 3440. The highest BCUT2D eigenvalue weighted by molar-refractivity contribution is 7.20. The Morgan fingerprint density at radius 1 is 0.254 bits per heavy atom. The Morgan fingerprint density at radius 3 is 1.22 bits per heavy atom. The molecule has 296 valence electrons. The smallest absolute Gasteiger partial charge is 0.179 e. The summed E-state index contributed by atoms with van der Waals surface area (Å²) in [7, 11) is -2.75. The minimum Gasteiger partial charge on any atom is -0.309 e. The second kappa shape index (κ2) is 15.2. The summed E-state index contributed by atoms with van der Waals surface area (Å²) >= 11 is 0. The van der Waals surface area contributed by atoms with Crippen LogP contribution in [0.3, 0.4) is 0 Å². The van der Waals surface area contributed by atoms with Crippen LogP contribution in [0.4, 0.5) is 0 Å². The highest BCUT2D eigenvalue weighted by atomic mass is 28.3. The minimum atomic E-state index is -2.75. The van der Waals surface area contributed by atoms with E-state index in [9.17, 15) is 0 Å². The number of nitrogens with zero attached hydrogens (tertiary/aromatic N) is 2. The van der Waals surface area contributed by atoms with Gasteiger partial charge in [0, 0.05) is 38.4 Å². The molecule has 0 aliphatic heterocycles. The number of aromatic nitrogens is 2. The third-order valence-corrected chi connectivity index (χ3v) is 17.8. The van der Waals surface area contributed by atoms with Gasteiger partial charge in [-0.05, 0) is 62.2 Å². The molecule has 0 aliphatic rings. The van der Waals surface area contributed by atoms with E-state index in [-0.39, 0.29) is 0 Å². The lowest BCUT2D eigenvalue weighted by Gasteiger charge is -2.34. The molecule has 0 saturated heterocycles. The molecule has 3 heteroatoms. The fraction of sp³-hybridized carbons (Fsp3) is 0. The van der Waals surface area contributed by atoms with Crippen molar-refractivity contribution in [2.45, 2.75) is 0 Å². The molecule has 0 saturated carbocycles. The van der Waals surface area contributed by atoms with Gasteiger partial charge in [-0.3, -0.25) is 0 Å². The molecule has 0 unspecified atom stereocenters. The van der Waals surface area contributed by atoms with E-state index in [1.807, 2.05) is 0 Å². The van der Waals surface area contributed by atoms with Gasteiger partial charge < -0.3 is 9.13 Å². The zero-order valence-electron chi connectivity index (χ0n) is 34.6. The third kappa shape index (κ3) is 5.85. The topological polar surface area (TPSA) is 9.86 Å². The Balaban J connectivity index is 1.14. The molecule has 63 heavy (non-hydrogen) atoms. The van der Waals surface area contributed by atoms with Crippen molar-refractivity contribution in [1.82, 2.24) is 9.13 Å². The van der Waals surface area contributed by atoms with Gasteiger partial charge >= 0.3 is 0 Å². The second-order valence-corrected chi connectivity index (χ2v) is 20.2. The van der Waals surface area contributed by atoms with Crippen molar-refractivity contribution in [2.24, 2.45) is 0 Å². The Labute approximate surface area is 368 Å². The van der Waals surface area contributed by atoms with E-state index in [0.717, 1.165) is 5.69 Å². The maximum Gasteiger partial charge on any atom is 0.179 e. The molecule has 0 spiro atoms. The molecule has 0 amide bonds. The van der Waals surface area contributed by atoms with Crippen LogP contribution in [-0.4, -0.2) is 17.2 Å². The first-order valence-corrected chi connectivity index (χ1v) is 23.8. The zero-order chi connectivity index (χ0) is 41.7. The van der Waals surface area contributed by atoms with Crippen LogP contribution in [0.15, 0.2) is 255 Å². The van der Waals surface area contributed by atoms with Crippen LogP contribution in [-0.2, 0) is 0 Å². The van der Waals surface area contributed by atoms with E-state index in [4.69, 9.17) is 0 Å². The van der Waals surface area contributed by atoms with E-state index in [0.29, 0.717) is 0 Å². The number of hydrogen-bond acceptors (Lipinski definition) is 0. The Hall–Kier alpha value is -7.98. The highest BCUT2D eigenvalue weighted by Gasteiger charge is 2.41. The van der Waals surface area contributed by atoms with Gasteiger partial charge in [0.2, 0.25) is 0 Å². The maximum absolute atomic E-state index is 2.75. The molecule has 0 atom stereocenters.